The maximum absolute atomic E-state index is 12.1. The average Bonchev–Trinajstić information content (AvgIpc) is 2.45. The van der Waals surface area contributed by atoms with Crippen LogP contribution in [0.25, 0.3) is 0 Å². The summed E-state index contributed by atoms with van der Waals surface area (Å²) < 4.78 is 5.61. The number of piperidine rings is 1. The third kappa shape index (κ3) is 3.31. The standard InChI is InChI=1S/C16H24N2O2/c1-3-20-15-9-5-4-8-13(15)14(17)11-18-10-6-7-12(2)16(18)19/h4-5,8-9,12,14H,3,6-7,10-11,17H2,1-2H3. The molecule has 0 aliphatic carbocycles. The summed E-state index contributed by atoms with van der Waals surface area (Å²) in [6.07, 6.45) is 2.05. The first-order valence-electron chi connectivity index (χ1n) is 7.39. The minimum atomic E-state index is -0.202. The Hall–Kier alpha value is -1.55. The molecule has 4 heteroatoms. The van der Waals surface area contributed by atoms with Gasteiger partial charge in [0.1, 0.15) is 5.75 Å². The van der Waals surface area contributed by atoms with Gasteiger partial charge in [-0.2, -0.15) is 0 Å². The van der Waals surface area contributed by atoms with E-state index >= 15 is 0 Å². The highest BCUT2D eigenvalue weighted by molar-refractivity contribution is 5.79. The van der Waals surface area contributed by atoms with Crippen LogP contribution in [0.5, 0.6) is 5.75 Å². The minimum Gasteiger partial charge on any atom is -0.494 e. The van der Waals surface area contributed by atoms with Gasteiger partial charge in [0.15, 0.2) is 0 Å². The van der Waals surface area contributed by atoms with Crippen molar-refractivity contribution in [3.8, 4) is 5.75 Å². The van der Waals surface area contributed by atoms with Crippen LogP contribution in [0.1, 0.15) is 38.3 Å². The molecule has 2 N–H and O–H groups in total. The molecule has 0 aromatic heterocycles. The molecule has 2 unspecified atom stereocenters. The molecule has 0 radical (unpaired) electrons. The van der Waals surface area contributed by atoms with Crippen molar-refractivity contribution in [2.24, 2.45) is 11.7 Å². The second-order valence-corrected chi connectivity index (χ2v) is 5.40. The number of amides is 1. The zero-order valence-corrected chi connectivity index (χ0v) is 12.3. The summed E-state index contributed by atoms with van der Waals surface area (Å²) in [5.74, 6) is 1.17. The lowest BCUT2D eigenvalue weighted by molar-refractivity contribution is -0.138. The van der Waals surface area contributed by atoms with Crippen LogP contribution in [-0.4, -0.2) is 30.5 Å². The fourth-order valence-corrected chi connectivity index (χ4v) is 2.72. The van der Waals surface area contributed by atoms with Crippen molar-refractivity contribution in [2.75, 3.05) is 19.7 Å². The van der Waals surface area contributed by atoms with E-state index < -0.39 is 0 Å². The van der Waals surface area contributed by atoms with Gasteiger partial charge in [-0.15, -0.1) is 0 Å². The number of ether oxygens (including phenoxy) is 1. The predicted octanol–water partition coefficient (Wildman–Crippen LogP) is 2.34. The predicted molar refractivity (Wildman–Crippen MR) is 79.5 cm³/mol. The van der Waals surface area contributed by atoms with Gasteiger partial charge in [-0.05, 0) is 25.8 Å². The summed E-state index contributed by atoms with van der Waals surface area (Å²) in [4.78, 5) is 14.0. The van der Waals surface area contributed by atoms with Gasteiger partial charge in [-0.3, -0.25) is 4.79 Å². The van der Waals surface area contributed by atoms with Crippen molar-refractivity contribution >= 4 is 5.91 Å². The van der Waals surface area contributed by atoms with Crippen molar-refractivity contribution in [1.29, 1.82) is 0 Å². The Labute approximate surface area is 120 Å². The summed E-state index contributed by atoms with van der Waals surface area (Å²) in [7, 11) is 0. The Morgan fingerprint density at radius 2 is 2.20 bits per heavy atom. The molecule has 20 heavy (non-hydrogen) atoms. The Kier molecular flexibility index (Phi) is 5.01. The van der Waals surface area contributed by atoms with Crippen molar-refractivity contribution in [3.05, 3.63) is 29.8 Å². The quantitative estimate of drug-likeness (QED) is 0.898. The summed E-state index contributed by atoms with van der Waals surface area (Å²) >= 11 is 0. The molecule has 0 saturated carbocycles. The highest BCUT2D eigenvalue weighted by Crippen LogP contribution is 2.26. The first kappa shape index (κ1) is 14.9. The number of hydrogen-bond acceptors (Lipinski definition) is 3. The first-order chi connectivity index (χ1) is 9.63. The fourth-order valence-electron chi connectivity index (χ4n) is 2.72. The molecular formula is C16H24N2O2. The van der Waals surface area contributed by atoms with Gasteiger partial charge in [0.05, 0.1) is 12.6 Å². The zero-order chi connectivity index (χ0) is 14.5. The summed E-state index contributed by atoms with van der Waals surface area (Å²) in [5.41, 5.74) is 7.26. The molecule has 1 heterocycles. The SMILES string of the molecule is CCOc1ccccc1C(N)CN1CCCC(C)C1=O. The van der Waals surface area contributed by atoms with E-state index in [1.54, 1.807) is 0 Å². The monoisotopic (exact) mass is 276 g/mol. The van der Waals surface area contributed by atoms with E-state index in [0.717, 1.165) is 30.7 Å². The fraction of sp³-hybridized carbons (Fsp3) is 0.562. The number of carbonyl (C=O) groups excluding carboxylic acids is 1. The number of carbonyl (C=O) groups is 1. The molecule has 1 aliphatic rings. The number of rotatable bonds is 5. The van der Waals surface area contributed by atoms with Gasteiger partial charge in [0, 0.05) is 24.6 Å². The minimum absolute atomic E-state index is 0.123. The lowest BCUT2D eigenvalue weighted by atomic mass is 9.97. The number of nitrogens with two attached hydrogens (primary N) is 1. The molecule has 0 spiro atoms. The molecule has 1 amide bonds. The van der Waals surface area contributed by atoms with Crippen molar-refractivity contribution < 1.29 is 9.53 Å². The third-order valence-corrected chi connectivity index (χ3v) is 3.83. The van der Waals surface area contributed by atoms with Crippen molar-refractivity contribution in [1.82, 2.24) is 4.90 Å². The highest BCUT2D eigenvalue weighted by Gasteiger charge is 2.27. The van der Waals surface area contributed by atoms with Gasteiger partial charge in [0.2, 0.25) is 5.91 Å². The average molecular weight is 276 g/mol. The largest absolute Gasteiger partial charge is 0.494 e. The van der Waals surface area contributed by atoms with Crippen LogP contribution >= 0.6 is 0 Å². The lowest BCUT2D eigenvalue weighted by Gasteiger charge is -2.32. The van der Waals surface area contributed by atoms with E-state index in [9.17, 15) is 4.79 Å². The van der Waals surface area contributed by atoms with Crippen molar-refractivity contribution in [2.45, 2.75) is 32.7 Å². The maximum atomic E-state index is 12.1. The number of para-hydroxylation sites is 1. The molecule has 2 rings (SSSR count). The summed E-state index contributed by atoms with van der Waals surface area (Å²) in [6.45, 7) is 5.94. The lowest BCUT2D eigenvalue weighted by Crippen LogP contribution is -2.43. The molecule has 1 aromatic rings. The van der Waals surface area contributed by atoms with Crippen LogP contribution in [-0.2, 0) is 4.79 Å². The van der Waals surface area contributed by atoms with E-state index in [1.807, 2.05) is 43.0 Å². The van der Waals surface area contributed by atoms with Gasteiger partial charge in [-0.25, -0.2) is 0 Å². The second-order valence-electron chi connectivity index (χ2n) is 5.40. The van der Waals surface area contributed by atoms with Crippen LogP contribution in [0.4, 0.5) is 0 Å². The van der Waals surface area contributed by atoms with E-state index in [4.69, 9.17) is 10.5 Å². The molecule has 1 aromatic carbocycles. The van der Waals surface area contributed by atoms with Crippen LogP contribution in [0.3, 0.4) is 0 Å². The molecule has 110 valence electrons. The second kappa shape index (κ2) is 6.75. The van der Waals surface area contributed by atoms with Gasteiger partial charge in [0.25, 0.3) is 0 Å². The Balaban J connectivity index is 2.08. The molecule has 1 aliphatic heterocycles. The van der Waals surface area contributed by atoms with E-state index in [-0.39, 0.29) is 17.9 Å². The molecular weight excluding hydrogens is 252 g/mol. The Morgan fingerprint density at radius 1 is 1.45 bits per heavy atom. The number of hydrogen-bond donors (Lipinski definition) is 1. The van der Waals surface area contributed by atoms with Crippen LogP contribution < -0.4 is 10.5 Å². The van der Waals surface area contributed by atoms with Gasteiger partial charge >= 0.3 is 0 Å². The molecule has 4 nitrogen and oxygen atoms in total. The van der Waals surface area contributed by atoms with Gasteiger partial charge in [-0.1, -0.05) is 25.1 Å². The zero-order valence-electron chi connectivity index (χ0n) is 12.3. The maximum Gasteiger partial charge on any atom is 0.225 e. The van der Waals surface area contributed by atoms with Crippen LogP contribution in [0.15, 0.2) is 24.3 Å². The van der Waals surface area contributed by atoms with E-state index in [0.29, 0.717) is 13.2 Å². The Bertz CT molecular complexity index is 462. The third-order valence-electron chi connectivity index (χ3n) is 3.83. The highest BCUT2D eigenvalue weighted by atomic mass is 16.5. The van der Waals surface area contributed by atoms with Crippen LogP contribution in [0.2, 0.25) is 0 Å². The molecule has 1 fully saturated rings. The number of nitrogens with zero attached hydrogens (tertiary/aromatic N) is 1. The summed E-state index contributed by atoms with van der Waals surface area (Å²) in [6, 6.07) is 7.60. The number of likely N-dealkylation sites (tertiary alicyclic amines) is 1. The topological polar surface area (TPSA) is 55.6 Å². The molecule has 1 saturated heterocycles. The van der Waals surface area contributed by atoms with Crippen molar-refractivity contribution in [3.63, 3.8) is 0 Å². The van der Waals surface area contributed by atoms with Gasteiger partial charge < -0.3 is 15.4 Å². The smallest absolute Gasteiger partial charge is 0.225 e. The Morgan fingerprint density at radius 3 is 2.95 bits per heavy atom. The summed E-state index contributed by atoms with van der Waals surface area (Å²) in [5, 5.41) is 0. The molecule has 0 bridgehead atoms. The molecule has 2 atom stereocenters. The van der Waals surface area contributed by atoms with E-state index in [2.05, 4.69) is 0 Å². The first-order valence-corrected chi connectivity index (χ1v) is 7.39. The van der Waals surface area contributed by atoms with Crippen LogP contribution in [0, 0.1) is 5.92 Å². The normalized spacial score (nSPS) is 20.9. The number of benzene rings is 1. The van der Waals surface area contributed by atoms with E-state index in [1.165, 1.54) is 0 Å².